The summed E-state index contributed by atoms with van der Waals surface area (Å²) >= 11 is 0. The van der Waals surface area contributed by atoms with Gasteiger partial charge < -0.3 is 10.2 Å². The second-order valence-electron chi connectivity index (χ2n) is 6.44. The van der Waals surface area contributed by atoms with Crippen molar-refractivity contribution in [1.29, 1.82) is 0 Å². The number of nitrogens with zero attached hydrogens (tertiary/aromatic N) is 3. The average Bonchev–Trinajstić information content (AvgIpc) is 3.01. The summed E-state index contributed by atoms with van der Waals surface area (Å²) < 4.78 is 0. The zero-order valence-electron chi connectivity index (χ0n) is 14.0. The Morgan fingerprint density at radius 1 is 1.33 bits per heavy atom. The molecule has 0 radical (unpaired) electrons. The summed E-state index contributed by atoms with van der Waals surface area (Å²) in [7, 11) is 2.20. The van der Waals surface area contributed by atoms with Crippen LogP contribution in [0.25, 0.3) is 0 Å². The Morgan fingerprint density at radius 3 is 2.67 bits per heavy atom. The fourth-order valence-electron chi connectivity index (χ4n) is 3.00. The van der Waals surface area contributed by atoms with E-state index in [2.05, 4.69) is 43.0 Å². The van der Waals surface area contributed by atoms with Crippen molar-refractivity contribution in [2.45, 2.75) is 71.4 Å². The third-order valence-corrected chi connectivity index (χ3v) is 4.35. The van der Waals surface area contributed by atoms with E-state index in [1.807, 2.05) is 6.20 Å². The molecule has 4 heteroatoms. The third-order valence-electron chi connectivity index (χ3n) is 4.35. The van der Waals surface area contributed by atoms with Crippen LogP contribution in [0.2, 0.25) is 0 Å². The van der Waals surface area contributed by atoms with Gasteiger partial charge in [-0.05, 0) is 25.8 Å². The second-order valence-corrected chi connectivity index (χ2v) is 6.44. The van der Waals surface area contributed by atoms with Gasteiger partial charge in [-0.3, -0.25) is 0 Å². The standard InChI is InChI=1S/C17H30N4/c1-5-10-18-11-15-16(12-19-17(20-15)13(2)3)21(4)14-8-6-7-9-14/h12-14,18H,5-11H2,1-4H3. The largest absolute Gasteiger partial charge is 0.369 e. The Labute approximate surface area is 129 Å². The first-order chi connectivity index (χ1) is 10.1. The molecule has 118 valence electrons. The van der Waals surface area contributed by atoms with Crippen LogP contribution in [-0.2, 0) is 6.54 Å². The van der Waals surface area contributed by atoms with Crippen molar-refractivity contribution < 1.29 is 0 Å². The molecule has 1 saturated carbocycles. The van der Waals surface area contributed by atoms with Gasteiger partial charge in [0.2, 0.25) is 0 Å². The molecule has 0 aliphatic heterocycles. The molecule has 1 aliphatic rings. The summed E-state index contributed by atoms with van der Waals surface area (Å²) in [5, 5.41) is 3.49. The van der Waals surface area contributed by atoms with E-state index in [-0.39, 0.29) is 0 Å². The lowest BCUT2D eigenvalue weighted by molar-refractivity contribution is 0.623. The molecular formula is C17H30N4. The number of anilines is 1. The molecule has 0 saturated heterocycles. The zero-order chi connectivity index (χ0) is 15.2. The fourth-order valence-corrected chi connectivity index (χ4v) is 3.00. The molecule has 0 amide bonds. The number of hydrogen-bond donors (Lipinski definition) is 1. The molecule has 2 rings (SSSR count). The molecule has 1 N–H and O–H groups in total. The maximum atomic E-state index is 4.82. The van der Waals surface area contributed by atoms with E-state index in [1.165, 1.54) is 31.4 Å². The highest BCUT2D eigenvalue weighted by Gasteiger charge is 2.22. The first kappa shape index (κ1) is 16.2. The van der Waals surface area contributed by atoms with E-state index in [9.17, 15) is 0 Å². The quantitative estimate of drug-likeness (QED) is 0.781. The van der Waals surface area contributed by atoms with Gasteiger partial charge in [0.05, 0.1) is 17.6 Å². The lowest BCUT2D eigenvalue weighted by Gasteiger charge is -2.28. The topological polar surface area (TPSA) is 41.1 Å². The first-order valence-corrected chi connectivity index (χ1v) is 8.42. The Morgan fingerprint density at radius 2 is 2.05 bits per heavy atom. The van der Waals surface area contributed by atoms with Gasteiger partial charge in [0.1, 0.15) is 5.82 Å². The van der Waals surface area contributed by atoms with Crippen molar-refractivity contribution in [3.05, 3.63) is 17.7 Å². The highest BCUT2D eigenvalue weighted by molar-refractivity contribution is 5.49. The monoisotopic (exact) mass is 290 g/mol. The molecule has 0 spiro atoms. The molecule has 0 bridgehead atoms. The minimum atomic E-state index is 0.376. The molecule has 21 heavy (non-hydrogen) atoms. The van der Waals surface area contributed by atoms with Gasteiger partial charge >= 0.3 is 0 Å². The summed E-state index contributed by atoms with van der Waals surface area (Å²) in [5.74, 6) is 1.33. The number of rotatable bonds is 7. The third kappa shape index (κ3) is 4.16. The van der Waals surface area contributed by atoms with Crippen molar-refractivity contribution in [1.82, 2.24) is 15.3 Å². The Bertz CT molecular complexity index is 438. The number of hydrogen-bond acceptors (Lipinski definition) is 4. The number of aromatic nitrogens is 2. The highest BCUT2D eigenvalue weighted by atomic mass is 15.2. The van der Waals surface area contributed by atoms with E-state index in [4.69, 9.17) is 4.98 Å². The molecule has 1 heterocycles. The average molecular weight is 290 g/mol. The molecule has 1 fully saturated rings. The normalized spacial score (nSPS) is 15.9. The van der Waals surface area contributed by atoms with Gasteiger partial charge in [-0.2, -0.15) is 0 Å². The first-order valence-electron chi connectivity index (χ1n) is 8.42. The van der Waals surface area contributed by atoms with Gasteiger partial charge in [-0.15, -0.1) is 0 Å². The SMILES string of the molecule is CCCNCc1nc(C(C)C)ncc1N(C)C1CCCC1. The van der Waals surface area contributed by atoms with Crippen molar-refractivity contribution in [2.24, 2.45) is 0 Å². The van der Waals surface area contributed by atoms with Crippen LogP contribution in [0, 0.1) is 0 Å². The molecule has 0 aromatic carbocycles. The predicted molar refractivity (Wildman–Crippen MR) is 88.8 cm³/mol. The van der Waals surface area contributed by atoms with Crippen molar-refractivity contribution in [2.75, 3.05) is 18.5 Å². The van der Waals surface area contributed by atoms with Gasteiger partial charge in [0.15, 0.2) is 0 Å². The van der Waals surface area contributed by atoms with Crippen LogP contribution in [0.4, 0.5) is 5.69 Å². The van der Waals surface area contributed by atoms with E-state index >= 15 is 0 Å². The van der Waals surface area contributed by atoms with Gasteiger partial charge in [0.25, 0.3) is 0 Å². The zero-order valence-corrected chi connectivity index (χ0v) is 14.0. The molecule has 4 nitrogen and oxygen atoms in total. The van der Waals surface area contributed by atoms with Crippen molar-refractivity contribution in [3.8, 4) is 0 Å². The van der Waals surface area contributed by atoms with Crippen LogP contribution in [0.3, 0.4) is 0 Å². The maximum Gasteiger partial charge on any atom is 0.131 e. The predicted octanol–water partition coefficient (Wildman–Crippen LogP) is 3.48. The van der Waals surface area contributed by atoms with Crippen LogP contribution < -0.4 is 10.2 Å². The van der Waals surface area contributed by atoms with E-state index < -0.39 is 0 Å². The van der Waals surface area contributed by atoms with Gasteiger partial charge in [-0.25, -0.2) is 9.97 Å². The Balaban J connectivity index is 2.20. The van der Waals surface area contributed by atoms with Crippen LogP contribution >= 0.6 is 0 Å². The summed E-state index contributed by atoms with van der Waals surface area (Å²) in [6.07, 6.45) is 8.47. The molecule has 1 aliphatic carbocycles. The van der Waals surface area contributed by atoms with Crippen molar-refractivity contribution >= 4 is 5.69 Å². The van der Waals surface area contributed by atoms with Crippen molar-refractivity contribution in [3.63, 3.8) is 0 Å². The highest BCUT2D eigenvalue weighted by Crippen LogP contribution is 2.28. The minimum absolute atomic E-state index is 0.376. The molecule has 1 aromatic rings. The molecule has 0 atom stereocenters. The Hall–Kier alpha value is -1.16. The smallest absolute Gasteiger partial charge is 0.131 e. The van der Waals surface area contributed by atoms with Crippen LogP contribution in [0.5, 0.6) is 0 Å². The van der Waals surface area contributed by atoms with E-state index in [0.29, 0.717) is 12.0 Å². The van der Waals surface area contributed by atoms with Crippen LogP contribution in [0.1, 0.15) is 70.3 Å². The van der Waals surface area contributed by atoms with E-state index in [1.54, 1.807) is 0 Å². The maximum absolute atomic E-state index is 4.82. The molecule has 0 unspecified atom stereocenters. The molecule has 1 aromatic heterocycles. The summed E-state index contributed by atoms with van der Waals surface area (Å²) in [6.45, 7) is 8.37. The molecular weight excluding hydrogens is 260 g/mol. The van der Waals surface area contributed by atoms with Gasteiger partial charge in [-0.1, -0.05) is 33.6 Å². The summed E-state index contributed by atoms with van der Waals surface area (Å²) in [5.41, 5.74) is 2.35. The lowest BCUT2D eigenvalue weighted by atomic mass is 10.1. The van der Waals surface area contributed by atoms with E-state index in [0.717, 1.165) is 31.0 Å². The minimum Gasteiger partial charge on any atom is -0.369 e. The number of nitrogens with one attached hydrogen (secondary N) is 1. The second kappa shape index (κ2) is 7.74. The van der Waals surface area contributed by atoms with Gasteiger partial charge in [0, 0.05) is 25.6 Å². The Kier molecular flexibility index (Phi) is 5.97. The van der Waals surface area contributed by atoms with Crippen LogP contribution in [0.15, 0.2) is 6.20 Å². The summed E-state index contributed by atoms with van der Waals surface area (Å²) in [6, 6.07) is 0.656. The van der Waals surface area contributed by atoms with Crippen LogP contribution in [-0.4, -0.2) is 29.6 Å². The fraction of sp³-hybridized carbons (Fsp3) is 0.765. The lowest BCUT2D eigenvalue weighted by Crippen LogP contribution is -2.31. The summed E-state index contributed by atoms with van der Waals surface area (Å²) in [4.78, 5) is 11.8.